The second-order valence-electron chi connectivity index (χ2n) is 4.50. The van der Waals surface area contributed by atoms with Gasteiger partial charge in [0.05, 0.1) is 6.61 Å². The maximum atomic E-state index is 5.60. The van der Waals surface area contributed by atoms with Gasteiger partial charge in [0.25, 0.3) is 0 Å². The topological polar surface area (TPSA) is 21.3 Å². The summed E-state index contributed by atoms with van der Waals surface area (Å²) in [6.45, 7) is 7.23. The maximum absolute atomic E-state index is 5.60. The lowest BCUT2D eigenvalue weighted by Crippen LogP contribution is -2.33. The van der Waals surface area contributed by atoms with Gasteiger partial charge in [0.1, 0.15) is 0 Å². The Morgan fingerprint density at radius 3 is 3.06 bits per heavy atom. The van der Waals surface area contributed by atoms with Crippen LogP contribution in [0.2, 0.25) is 0 Å². The molecule has 1 fully saturated rings. The van der Waals surface area contributed by atoms with Gasteiger partial charge >= 0.3 is 0 Å². The van der Waals surface area contributed by atoms with Crippen molar-refractivity contribution in [1.29, 1.82) is 0 Å². The molecular weight excluding hydrogens is 218 g/mol. The molecule has 1 aromatic rings. The van der Waals surface area contributed by atoms with E-state index in [1.807, 2.05) is 11.3 Å². The molecule has 0 bridgehead atoms. The summed E-state index contributed by atoms with van der Waals surface area (Å²) in [6, 6.07) is 2.79. The van der Waals surface area contributed by atoms with E-state index in [0.29, 0.717) is 12.0 Å². The predicted octanol–water partition coefficient (Wildman–Crippen LogP) is 3.13. The fourth-order valence-corrected chi connectivity index (χ4v) is 3.17. The van der Waals surface area contributed by atoms with Gasteiger partial charge < -0.3 is 10.1 Å². The molecule has 0 spiro atoms. The highest BCUT2D eigenvalue weighted by molar-refractivity contribution is 7.10. The van der Waals surface area contributed by atoms with Gasteiger partial charge in [-0.25, -0.2) is 0 Å². The molecule has 0 amide bonds. The van der Waals surface area contributed by atoms with Crippen LogP contribution in [0.3, 0.4) is 0 Å². The lowest BCUT2D eigenvalue weighted by atomic mass is 9.90. The van der Waals surface area contributed by atoms with E-state index in [2.05, 4.69) is 30.6 Å². The molecule has 0 aliphatic carbocycles. The summed E-state index contributed by atoms with van der Waals surface area (Å²) >= 11 is 1.84. The van der Waals surface area contributed by atoms with Crippen molar-refractivity contribution in [2.75, 3.05) is 19.8 Å². The van der Waals surface area contributed by atoms with Crippen molar-refractivity contribution in [2.45, 2.75) is 32.7 Å². The SMILES string of the molecule is CCNC(c1csc(C)c1)C1CCCOC1. The zero-order valence-corrected chi connectivity index (χ0v) is 11.0. The standard InChI is InChI=1S/C13H21NOS/c1-3-14-13(11-5-4-6-15-8-11)12-7-10(2)16-9-12/h7,9,11,13-14H,3-6,8H2,1-2H3. The molecule has 16 heavy (non-hydrogen) atoms. The van der Waals surface area contributed by atoms with Gasteiger partial charge in [0, 0.05) is 23.4 Å². The van der Waals surface area contributed by atoms with Crippen LogP contribution in [0.25, 0.3) is 0 Å². The van der Waals surface area contributed by atoms with Crippen molar-refractivity contribution >= 4 is 11.3 Å². The number of ether oxygens (including phenoxy) is 1. The van der Waals surface area contributed by atoms with Crippen LogP contribution in [-0.4, -0.2) is 19.8 Å². The number of thiophene rings is 1. The first kappa shape index (κ1) is 12.1. The molecule has 1 aliphatic heterocycles. The maximum Gasteiger partial charge on any atom is 0.0512 e. The van der Waals surface area contributed by atoms with E-state index in [-0.39, 0.29) is 0 Å². The molecule has 3 heteroatoms. The summed E-state index contributed by atoms with van der Waals surface area (Å²) in [5.74, 6) is 0.641. The third-order valence-corrected chi connectivity index (χ3v) is 4.08. The predicted molar refractivity (Wildman–Crippen MR) is 69.0 cm³/mol. The second-order valence-corrected chi connectivity index (χ2v) is 5.62. The van der Waals surface area contributed by atoms with Crippen LogP contribution in [0.15, 0.2) is 11.4 Å². The normalized spacial score (nSPS) is 23.2. The van der Waals surface area contributed by atoms with E-state index in [1.165, 1.54) is 23.3 Å². The van der Waals surface area contributed by atoms with Gasteiger partial charge in [-0.3, -0.25) is 0 Å². The van der Waals surface area contributed by atoms with E-state index in [1.54, 1.807) is 0 Å². The summed E-state index contributed by atoms with van der Waals surface area (Å²) in [5, 5.41) is 5.90. The summed E-state index contributed by atoms with van der Waals surface area (Å²) in [5.41, 5.74) is 1.44. The zero-order valence-electron chi connectivity index (χ0n) is 10.2. The minimum absolute atomic E-state index is 0.482. The summed E-state index contributed by atoms with van der Waals surface area (Å²) in [4.78, 5) is 1.40. The van der Waals surface area contributed by atoms with Crippen molar-refractivity contribution in [3.8, 4) is 0 Å². The summed E-state index contributed by atoms with van der Waals surface area (Å²) < 4.78 is 5.60. The lowest BCUT2D eigenvalue weighted by molar-refractivity contribution is 0.0393. The average Bonchev–Trinajstić information content (AvgIpc) is 2.74. The Hall–Kier alpha value is -0.380. The molecule has 1 N–H and O–H groups in total. The second kappa shape index (κ2) is 5.80. The number of rotatable bonds is 4. The molecule has 2 rings (SSSR count). The number of hydrogen-bond donors (Lipinski definition) is 1. The van der Waals surface area contributed by atoms with Gasteiger partial charge in [-0.1, -0.05) is 6.92 Å². The largest absolute Gasteiger partial charge is 0.381 e. The van der Waals surface area contributed by atoms with Crippen LogP contribution in [0, 0.1) is 12.8 Å². The Bertz CT molecular complexity index is 317. The van der Waals surface area contributed by atoms with Gasteiger partial charge in [0.15, 0.2) is 0 Å². The highest BCUT2D eigenvalue weighted by Gasteiger charge is 2.25. The Kier molecular flexibility index (Phi) is 4.38. The van der Waals surface area contributed by atoms with Gasteiger partial charge in [-0.05, 0) is 43.3 Å². The Morgan fingerprint density at radius 2 is 2.50 bits per heavy atom. The van der Waals surface area contributed by atoms with Crippen LogP contribution in [0.1, 0.15) is 36.2 Å². The minimum Gasteiger partial charge on any atom is -0.381 e. The lowest BCUT2D eigenvalue weighted by Gasteiger charge is -2.30. The smallest absolute Gasteiger partial charge is 0.0512 e. The van der Waals surface area contributed by atoms with Crippen LogP contribution >= 0.6 is 11.3 Å². The average molecular weight is 239 g/mol. The number of aryl methyl sites for hydroxylation is 1. The molecule has 90 valence electrons. The van der Waals surface area contributed by atoms with E-state index < -0.39 is 0 Å². The van der Waals surface area contributed by atoms with Crippen LogP contribution in [0.4, 0.5) is 0 Å². The molecule has 0 saturated carbocycles. The third-order valence-electron chi connectivity index (χ3n) is 3.20. The Balaban J connectivity index is 2.09. The van der Waals surface area contributed by atoms with Crippen LogP contribution < -0.4 is 5.32 Å². The van der Waals surface area contributed by atoms with Crippen LogP contribution in [0.5, 0.6) is 0 Å². The third kappa shape index (κ3) is 2.84. The monoisotopic (exact) mass is 239 g/mol. The molecule has 1 saturated heterocycles. The van der Waals surface area contributed by atoms with Crippen molar-refractivity contribution in [2.24, 2.45) is 5.92 Å². The highest BCUT2D eigenvalue weighted by Crippen LogP contribution is 2.31. The van der Waals surface area contributed by atoms with Crippen molar-refractivity contribution < 1.29 is 4.74 Å². The van der Waals surface area contributed by atoms with E-state index in [0.717, 1.165) is 19.8 Å². The Morgan fingerprint density at radius 1 is 1.62 bits per heavy atom. The molecular formula is C13H21NOS. The molecule has 2 heterocycles. The fraction of sp³-hybridized carbons (Fsp3) is 0.692. The fourth-order valence-electron chi connectivity index (χ4n) is 2.43. The highest BCUT2D eigenvalue weighted by atomic mass is 32.1. The van der Waals surface area contributed by atoms with Gasteiger partial charge in [0.2, 0.25) is 0 Å². The summed E-state index contributed by atoms with van der Waals surface area (Å²) in [7, 11) is 0. The number of nitrogens with one attached hydrogen (secondary N) is 1. The first-order valence-corrected chi connectivity index (χ1v) is 7.05. The van der Waals surface area contributed by atoms with E-state index in [4.69, 9.17) is 4.74 Å². The molecule has 2 nitrogen and oxygen atoms in total. The molecule has 2 atom stereocenters. The zero-order chi connectivity index (χ0) is 11.4. The van der Waals surface area contributed by atoms with Crippen molar-refractivity contribution in [3.05, 3.63) is 21.9 Å². The molecule has 1 aliphatic rings. The van der Waals surface area contributed by atoms with Crippen molar-refractivity contribution in [1.82, 2.24) is 5.32 Å². The van der Waals surface area contributed by atoms with E-state index >= 15 is 0 Å². The first-order chi connectivity index (χ1) is 7.81. The molecule has 2 unspecified atom stereocenters. The van der Waals surface area contributed by atoms with Crippen molar-refractivity contribution in [3.63, 3.8) is 0 Å². The van der Waals surface area contributed by atoms with Gasteiger partial charge in [-0.15, -0.1) is 11.3 Å². The molecule has 1 aromatic heterocycles. The minimum atomic E-state index is 0.482. The quantitative estimate of drug-likeness (QED) is 0.871. The van der Waals surface area contributed by atoms with Gasteiger partial charge in [-0.2, -0.15) is 0 Å². The Labute approximate surface area is 102 Å². The molecule has 0 radical (unpaired) electrons. The number of hydrogen-bond acceptors (Lipinski definition) is 3. The van der Waals surface area contributed by atoms with Crippen LogP contribution in [-0.2, 0) is 4.74 Å². The summed E-state index contributed by atoms with van der Waals surface area (Å²) in [6.07, 6.45) is 2.49. The molecule has 0 aromatic carbocycles. The first-order valence-electron chi connectivity index (χ1n) is 6.17. The van der Waals surface area contributed by atoms with E-state index in [9.17, 15) is 0 Å².